The van der Waals surface area contributed by atoms with Gasteiger partial charge in [0.25, 0.3) is 0 Å². The van der Waals surface area contributed by atoms with Crippen LogP contribution < -0.4 is 0 Å². The van der Waals surface area contributed by atoms with Crippen LogP contribution in [-0.4, -0.2) is 27.8 Å². The molecular formula is C13H14N2O3. The van der Waals surface area contributed by atoms with Crippen molar-refractivity contribution in [1.82, 2.24) is 9.78 Å². The highest BCUT2D eigenvalue weighted by Gasteiger charge is 2.20. The van der Waals surface area contributed by atoms with Crippen molar-refractivity contribution in [1.29, 1.82) is 0 Å². The Bertz CT molecular complexity index is 608. The van der Waals surface area contributed by atoms with E-state index in [0.29, 0.717) is 16.5 Å². The van der Waals surface area contributed by atoms with E-state index >= 15 is 0 Å². The van der Waals surface area contributed by atoms with Crippen LogP contribution in [0.3, 0.4) is 0 Å². The second-order valence-electron chi connectivity index (χ2n) is 4.93. The van der Waals surface area contributed by atoms with Gasteiger partial charge in [0.2, 0.25) is 0 Å². The van der Waals surface area contributed by atoms with Crippen LogP contribution in [0.5, 0.6) is 0 Å². The topological polar surface area (TPSA) is 61.2 Å². The summed E-state index contributed by atoms with van der Waals surface area (Å²) in [6.07, 6.45) is 1.67. The number of hydrogen-bond donors (Lipinski definition) is 0. The van der Waals surface area contributed by atoms with Gasteiger partial charge in [-0.15, -0.1) is 0 Å². The van der Waals surface area contributed by atoms with Gasteiger partial charge >= 0.3 is 6.09 Å². The lowest BCUT2D eigenvalue weighted by Gasteiger charge is -2.19. The molecule has 0 radical (unpaired) electrons. The number of fused-ring (bicyclic) bond motifs is 1. The Morgan fingerprint density at radius 2 is 2.11 bits per heavy atom. The van der Waals surface area contributed by atoms with Crippen molar-refractivity contribution < 1.29 is 14.3 Å². The highest BCUT2D eigenvalue weighted by atomic mass is 16.6. The lowest BCUT2D eigenvalue weighted by atomic mass is 10.1. The number of rotatable bonds is 1. The lowest BCUT2D eigenvalue weighted by Crippen LogP contribution is -2.27. The van der Waals surface area contributed by atoms with Crippen molar-refractivity contribution in [3.05, 3.63) is 30.0 Å². The number of nitrogens with zero attached hydrogens (tertiary/aromatic N) is 2. The van der Waals surface area contributed by atoms with Crippen LogP contribution >= 0.6 is 0 Å². The van der Waals surface area contributed by atoms with E-state index < -0.39 is 11.7 Å². The SMILES string of the molecule is CC(C)(C)OC(=O)n1ncc2c(C=O)cccc21. The zero-order valence-electron chi connectivity index (χ0n) is 10.5. The zero-order valence-corrected chi connectivity index (χ0v) is 10.5. The molecule has 1 aromatic heterocycles. The van der Waals surface area contributed by atoms with Crippen LogP contribution in [0.15, 0.2) is 24.4 Å². The van der Waals surface area contributed by atoms with E-state index in [1.807, 2.05) is 0 Å². The number of benzene rings is 1. The molecule has 0 bridgehead atoms. The molecule has 5 heteroatoms. The molecule has 0 atom stereocenters. The van der Waals surface area contributed by atoms with Gasteiger partial charge in [-0.05, 0) is 26.8 Å². The van der Waals surface area contributed by atoms with Crippen LogP contribution in [0, 0.1) is 0 Å². The number of aromatic nitrogens is 2. The van der Waals surface area contributed by atoms with Gasteiger partial charge in [0.1, 0.15) is 5.60 Å². The highest BCUT2D eigenvalue weighted by molar-refractivity contribution is 5.98. The molecule has 0 N–H and O–H groups in total. The van der Waals surface area contributed by atoms with Gasteiger partial charge in [-0.2, -0.15) is 9.78 Å². The number of aldehydes is 1. The summed E-state index contributed by atoms with van der Waals surface area (Å²) >= 11 is 0. The maximum Gasteiger partial charge on any atom is 0.435 e. The molecule has 0 amide bonds. The first-order valence-corrected chi connectivity index (χ1v) is 5.57. The Morgan fingerprint density at radius 3 is 2.72 bits per heavy atom. The molecule has 18 heavy (non-hydrogen) atoms. The molecule has 0 saturated heterocycles. The van der Waals surface area contributed by atoms with E-state index in [0.717, 1.165) is 11.0 Å². The van der Waals surface area contributed by atoms with E-state index in [1.165, 1.54) is 6.20 Å². The molecule has 0 aliphatic rings. The van der Waals surface area contributed by atoms with Crippen molar-refractivity contribution in [3.63, 3.8) is 0 Å². The average molecular weight is 246 g/mol. The van der Waals surface area contributed by atoms with E-state index in [4.69, 9.17) is 4.74 Å². The van der Waals surface area contributed by atoms with Crippen molar-refractivity contribution in [2.45, 2.75) is 26.4 Å². The number of carbonyl (C=O) groups is 2. The fourth-order valence-electron chi connectivity index (χ4n) is 1.63. The zero-order chi connectivity index (χ0) is 13.3. The standard InChI is InChI=1S/C13H14N2O3/c1-13(2,3)18-12(17)15-11-6-4-5-9(8-16)10(11)7-14-15/h4-8H,1-3H3. The molecule has 0 saturated carbocycles. The first-order valence-electron chi connectivity index (χ1n) is 5.57. The van der Waals surface area contributed by atoms with Crippen LogP contribution in [-0.2, 0) is 4.74 Å². The molecule has 5 nitrogen and oxygen atoms in total. The number of hydrogen-bond acceptors (Lipinski definition) is 4. The summed E-state index contributed by atoms with van der Waals surface area (Å²) in [6.45, 7) is 5.36. The summed E-state index contributed by atoms with van der Waals surface area (Å²) in [5.41, 5.74) is 0.480. The van der Waals surface area contributed by atoms with Crippen LogP contribution in [0.4, 0.5) is 4.79 Å². The van der Waals surface area contributed by atoms with Gasteiger partial charge < -0.3 is 4.74 Å². The molecule has 0 aliphatic carbocycles. The van der Waals surface area contributed by atoms with Gasteiger partial charge in [-0.3, -0.25) is 4.79 Å². The molecule has 0 aliphatic heterocycles. The van der Waals surface area contributed by atoms with E-state index in [-0.39, 0.29) is 0 Å². The van der Waals surface area contributed by atoms with E-state index in [9.17, 15) is 9.59 Å². The monoisotopic (exact) mass is 246 g/mol. The maximum absolute atomic E-state index is 11.9. The number of ether oxygens (including phenoxy) is 1. The minimum atomic E-state index is -0.586. The van der Waals surface area contributed by atoms with Crippen LogP contribution in [0.2, 0.25) is 0 Å². The van der Waals surface area contributed by atoms with Gasteiger partial charge in [-0.1, -0.05) is 12.1 Å². The summed E-state index contributed by atoms with van der Waals surface area (Å²) in [5, 5.41) is 4.61. The third kappa shape index (κ3) is 2.25. The summed E-state index contributed by atoms with van der Waals surface area (Å²) in [5.74, 6) is 0. The van der Waals surface area contributed by atoms with Crippen LogP contribution in [0.1, 0.15) is 31.1 Å². The Hall–Kier alpha value is -2.17. The molecule has 2 rings (SSSR count). The van der Waals surface area contributed by atoms with Crippen molar-refractivity contribution >= 4 is 23.3 Å². The minimum Gasteiger partial charge on any atom is -0.442 e. The molecule has 0 spiro atoms. The quantitative estimate of drug-likeness (QED) is 0.726. The van der Waals surface area contributed by atoms with Crippen molar-refractivity contribution in [3.8, 4) is 0 Å². The maximum atomic E-state index is 11.9. The molecule has 1 heterocycles. The Morgan fingerprint density at radius 1 is 1.39 bits per heavy atom. The second kappa shape index (κ2) is 4.25. The Balaban J connectivity index is 2.47. The highest BCUT2D eigenvalue weighted by Crippen LogP contribution is 2.18. The van der Waals surface area contributed by atoms with E-state index in [1.54, 1.807) is 39.0 Å². The Labute approximate surface area is 104 Å². The predicted molar refractivity (Wildman–Crippen MR) is 66.8 cm³/mol. The summed E-state index contributed by atoms with van der Waals surface area (Å²) in [7, 11) is 0. The summed E-state index contributed by atoms with van der Waals surface area (Å²) in [4.78, 5) is 22.8. The first kappa shape index (κ1) is 12.3. The molecule has 1 aromatic carbocycles. The fourth-order valence-corrected chi connectivity index (χ4v) is 1.63. The first-order chi connectivity index (χ1) is 8.42. The van der Waals surface area contributed by atoms with Gasteiger partial charge in [-0.25, -0.2) is 4.79 Å². The second-order valence-corrected chi connectivity index (χ2v) is 4.93. The molecule has 0 fully saturated rings. The van der Waals surface area contributed by atoms with Crippen LogP contribution in [0.25, 0.3) is 10.9 Å². The summed E-state index contributed by atoms with van der Waals surface area (Å²) in [6, 6.07) is 5.10. The minimum absolute atomic E-state index is 0.502. The fraction of sp³-hybridized carbons (Fsp3) is 0.308. The molecule has 0 unspecified atom stereocenters. The lowest BCUT2D eigenvalue weighted by molar-refractivity contribution is 0.0522. The molecule has 94 valence electrons. The van der Waals surface area contributed by atoms with E-state index in [2.05, 4.69) is 5.10 Å². The van der Waals surface area contributed by atoms with Gasteiger partial charge in [0.15, 0.2) is 6.29 Å². The smallest absolute Gasteiger partial charge is 0.435 e. The van der Waals surface area contributed by atoms with Gasteiger partial charge in [0.05, 0.1) is 11.7 Å². The van der Waals surface area contributed by atoms with Crippen molar-refractivity contribution in [2.24, 2.45) is 0 Å². The van der Waals surface area contributed by atoms with Crippen molar-refractivity contribution in [2.75, 3.05) is 0 Å². The summed E-state index contributed by atoms with van der Waals surface area (Å²) < 4.78 is 6.40. The largest absolute Gasteiger partial charge is 0.442 e. The molecule has 2 aromatic rings. The average Bonchev–Trinajstić information content (AvgIpc) is 2.69. The Kier molecular flexibility index (Phi) is 2.90. The molecular weight excluding hydrogens is 232 g/mol. The third-order valence-corrected chi connectivity index (χ3v) is 2.34. The number of carbonyl (C=O) groups excluding carboxylic acids is 2. The third-order valence-electron chi connectivity index (χ3n) is 2.34. The normalized spacial score (nSPS) is 11.5. The van der Waals surface area contributed by atoms with Gasteiger partial charge in [0, 0.05) is 10.9 Å². The predicted octanol–water partition coefficient (Wildman–Crippen LogP) is 2.63.